The van der Waals surface area contributed by atoms with Gasteiger partial charge in [0.2, 0.25) is 0 Å². The Morgan fingerprint density at radius 2 is 1.76 bits per heavy atom. The van der Waals surface area contributed by atoms with Crippen molar-refractivity contribution in [3.8, 4) is 11.5 Å². The first kappa shape index (κ1) is 15.9. The molecule has 4 heteroatoms. The maximum absolute atomic E-state index is 10.1. The van der Waals surface area contributed by atoms with E-state index in [0.29, 0.717) is 5.75 Å². The molecule has 0 bridgehead atoms. The smallest absolute Gasteiger partial charge is 0.124 e. The highest BCUT2D eigenvalue weighted by Crippen LogP contribution is 2.31. The Hall–Kier alpha value is -1.52. The fourth-order valence-corrected chi connectivity index (χ4v) is 3.67. The lowest BCUT2D eigenvalue weighted by Crippen LogP contribution is -2.22. The van der Waals surface area contributed by atoms with Crippen LogP contribution in [0.5, 0.6) is 11.5 Å². The number of methoxy groups -OCH3 is 1. The van der Waals surface area contributed by atoms with Gasteiger partial charge in [-0.3, -0.25) is 0 Å². The predicted octanol–water partition coefficient (Wildman–Crippen LogP) is 4.49. The number of nitrogens with one attached hydrogen (secondary N) is 1. The number of ether oxygens (including phenoxy) is 1. The lowest BCUT2D eigenvalue weighted by atomic mass is 10.0. The molecule has 0 spiro atoms. The van der Waals surface area contributed by atoms with Gasteiger partial charge in [0.05, 0.1) is 7.11 Å². The minimum absolute atomic E-state index is 0.0607. The van der Waals surface area contributed by atoms with E-state index in [1.807, 2.05) is 23.5 Å². The molecule has 0 saturated carbocycles. The van der Waals surface area contributed by atoms with E-state index in [0.717, 1.165) is 5.56 Å². The first-order chi connectivity index (χ1) is 9.92. The molecule has 1 aromatic carbocycles. The number of benzene rings is 1. The van der Waals surface area contributed by atoms with Crippen LogP contribution in [0.25, 0.3) is 0 Å². The zero-order chi connectivity index (χ0) is 15.6. The van der Waals surface area contributed by atoms with Gasteiger partial charge in [-0.1, -0.05) is 6.07 Å². The molecule has 0 aliphatic carbocycles. The van der Waals surface area contributed by atoms with Crippen molar-refractivity contribution in [3.63, 3.8) is 0 Å². The summed E-state index contributed by atoms with van der Waals surface area (Å²) in [5, 5.41) is 13.7. The molecule has 114 valence electrons. The molecule has 0 aliphatic rings. The minimum atomic E-state index is 0.0607. The van der Waals surface area contributed by atoms with Crippen molar-refractivity contribution < 1.29 is 9.84 Å². The number of hydrogen-bond acceptors (Lipinski definition) is 4. The van der Waals surface area contributed by atoms with Gasteiger partial charge in [0.1, 0.15) is 11.5 Å². The summed E-state index contributed by atoms with van der Waals surface area (Å²) >= 11 is 1.82. The largest absolute Gasteiger partial charge is 0.507 e. The second kappa shape index (κ2) is 6.50. The molecule has 0 radical (unpaired) electrons. The topological polar surface area (TPSA) is 41.5 Å². The number of hydrogen-bond donors (Lipinski definition) is 2. The summed E-state index contributed by atoms with van der Waals surface area (Å²) in [4.78, 5) is 2.68. The van der Waals surface area contributed by atoms with Gasteiger partial charge in [-0.15, -0.1) is 11.3 Å². The highest BCUT2D eigenvalue weighted by Gasteiger charge is 2.17. The Morgan fingerprint density at radius 1 is 1.10 bits per heavy atom. The zero-order valence-corrected chi connectivity index (χ0v) is 14.0. The van der Waals surface area contributed by atoms with Crippen molar-refractivity contribution in [2.45, 2.75) is 39.8 Å². The van der Waals surface area contributed by atoms with E-state index in [-0.39, 0.29) is 17.8 Å². The summed E-state index contributed by atoms with van der Waals surface area (Å²) in [6, 6.07) is 7.97. The molecule has 0 amide bonds. The van der Waals surface area contributed by atoms with Gasteiger partial charge >= 0.3 is 0 Å². The second-order valence-electron chi connectivity index (χ2n) is 5.40. The molecule has 21 heavy (non-hydrogen) atoms. The van der Waals surface area contributed by atoms with Crippen LogP contribution >= 0.6 is 11.3 Å². The molecule has 0 fully saturated rings. The quantitative estimate of drug-likeness (QED) is 0.855. The Labute approximate surface area is 130 Å². The number of phenols is 1. The van der Waals surface area contributed by atoms with Gasteiger partial charge in [0, 0.05) is 33.5 Å². The predicted molar refractivity (Wildman–Crippen MR) is 88.4 cm³/mol. The van der Waals surface area contributed by atoms with Crippen molar-refractivity contribution in [1.29, 1.82) is 0 Å². The molecule has 1 heterocycles. The van der Waals surface area contributed by atoms with Crippen molar-refractivity contribution >= 4 is 11.3 Å². The Bertz CT molecular complexity index is 621. The normalized spacial score (nSPS) is 14.0. The maximum atomic E-state index is 10.1. The zero-order valence-electron chi connectivity index (χ0n) is 13.2. The molecule has 3 nitrogen and oxygen atoms in total. The first-order valence-corrected chi connectivity index (χ1v) is 7.94. The SMILES string of the molecule is COc1ccc(C(C)NC(C)c2cc(C)sc2C)c(O)c1. The molecular formula is C17H23NO2S. The van der Waals surface area contributed by atoms with E-state index in [1.54, 1.807) is 13.2 Å². The highest BCUT2D eigenvalue weighted by molar-refractivity contribution is 7.12. The summed E-state index contributed by atoms with van der Waals surface area (Å²) < 4.78 is 5.12. The Morgan fingerprint density at radius 3 is 2.29 bits per heavy atom. The van der Waals surface area contributed by atoms with Gasteiger partial charge in [0.15, 0.2) is 0 Å². The van der Waals surface area contributed by atoms with E-state index in [1.165, 1.54) is 15.3 Å². The third-order valence-corrected chi connectivity index (χ3v) is 4.73. The fraction of sp³-hybridized carbons (Fsp3) is 0.412. The maximum Gasteiger partial charge on any atom is 0.124 e. The molecule has 2 atom stereocenters. The first-order valence-electron chi connectivity index (χ1n) is 7.12. The third kappa shape index (κ3) is 3.57. The Balaban J connectivity index is 2.14. The van der Waals surface area contributed by atoms with Crippen LogP contribution in [0.1, 0.15) is 46.8 Å². The van der Waals surface area contributed by atoms with Gasteiger partial charge in [-0.25, -0.2) is 0 Å². The van der Waals surface area contributed by atoms with Crippen LogP contribution in [0.4, 0.5) is 0 Å². The average molecular weight is 305 g/mol. The summed E-state index contributed by atoms with van der Waals surface area (Å²) in [5.41, 5.74) is 2.21. The molecule has 2 N–H and O–H groups in total. The average Bonchev–Trinajstić information content (AvgIpc) is 2.77. The van der Waals surface area contributed by atoms with E-state index >= 15 is 0 Å². The number of thiophene rings is 1. The third-order valence-electron chi connectivity index (χ3n) is 3.75. The number of phenolic OH excluding ortho intramolecular Hbond substituents is 1. The molecule has 2 unspecified atom stereocenters. The van der Waals surface area contributed by atoms with Crippen LogP contribution in [-0.4, -0.2) is 12.2 Å². The summed E-state index contributed by atoms with van der Waals surface area (Å²) in [5.74, 6) is 0.931. The molecule has 0 saturated heterocycles. The monoisotopic (exact) mass is 305 g/mol. The second-order valence-corrected chi connectivity index (χ2v) is 6.86. The van der Waals surface area contributed by atoms with Gasteiger partial charge in [-0.05, 0) is 45.4 Å². The molecule has 2 aromatic rings. The lowest BCUT2D eigenvalue weighted by molar-refractivity contribution is 0.402. The van der Waals surface area contributed by atoms with Crippen LogP contribution < -0.4 is 10.1 Å². The van der Waals surface area contributed by atoms with Crippen LogP contribution in [-0.2, 0) is 0 Å². The van der Waals surface area contributed by atoms with Crippen molar-refractivity contribution in [3.05, 3.63) is 45.1 Å². The van der Waals surface area contributed by atoms with Crippen molar-refractivity contribution in [2.24, 2.45) is 0 Å². The van der Waals surface area contributed by atoms with Crippen molar-refractivity contribution in [1.82, 2.24) is 5.32 Å². The standard InChI is InChI=1S/C17H23NO2S/c1-10-8-16(13(4)21-10)12(3)18-11(2)15-7-6-14(20-5)9-17(15)19/h6-9,11-12,18-19H,1-5H3. The molecule has 0 aliphatic heterocycles. The Kier molecular flexibility index (Phi) is 4.91. The fourth-order valence-electron chi connectivity index (χ4n) is 2.65. The van der Waals surface area contributed by atoms with Gasteiger partial charge < -0.3 is 15.2 Å². The van der Waals surface area contributed by atoms with Crippen LogP contribution in [0, 0.1) is 13.8 Å². The van der Waals surface area contributed by atoms with E-state index in [9.17, 15) is 5.11 Å². The van der Waals surface area contributed by atoms with Crippen molar-refractivity contribution in [2.75, 3.05) is 7.11 Å². The van der Waals surface area contributed by atoms with Gasteiger partial charge in [-0.2, -0.15) is 0 Å². The van der Waals surface area contributed by atoms with E-state index in [2.05, 4.69) is 39.1 Å². The van der Waals surface area contributed by atoms with Gasteiger partial charge in [0.25, 0.3) is 0 Å². The van der Waals surface area contributed by atoms with Crippen LogP contribution in [0.3, 0.4) is 0 Å². The summed E-state index contributed by atoms with van der Waals surface area (Å²) in [6.45, 7) is 8.51. The molecular weight excluding hydrogens is 282 g/mol. The van der Waals surface area contributed by atoms with E-state index in [4.69, 9.17) is 4.74 Å². The summed E-state index contributed by atoms with van der Waals surface area (Å²) in [6.07, 6.45) is 0. The number of aryl methyl sites for hydroxylation is 2. The number of aromatic hydroxyl groups is 1. The minimum Gasteiger partial charge on any atom is -0.507 e. The van der Waals surface area contributed by atoms with Crippen LogP contribution in [0.15, 0.2) is 24.3 Å². The van der Waals surface area contributed by atoms with E-state index < -0.39 is 0 Å². The summed E-state index contributed by atoms with van der Waals surface area (Å²) in [7, 11) is 1.60. The molecule has 1 aromatic heterocycles. The highest BCUT2D eigenvalue weighted by atomic mass is 32.1. The number of rotatable bonds is 5. The molecule has 2 rings (SSSR count). The van der Waals surface area contributed by atoms with Crippen LogP contribution in [0.2, 0.25) is 0 Å². The lowest BCUT2D eigenvalue weighted by Gasteiger charge is -2.21.